The molecule has 7 nitrogen and oxygen atoms in total. The number of benzene rings is 2. The SMILES string of the molecule is CNC(=O)c1ccnc2c([C@H](C)CNc3cc(-c4ccc(C#N)cc4)ncn3)cccc12. The molecular formula is C25H22N6O. The third-order valence-electron chi connectivity index (χ3n) is 5.37. The number of carbonyl (C=O) groups is 1. The lowest BCUT2D eigenvalue weighted by Crippen LogP contribution is -2.18. The van der Waals surface area contributed by atoms with E-state index in [0.29, 0.717) is 23.5 Å². The van der Waals surface area contributed by atoms with Crippen LogP contribution in [0.4, 0.5) is 5.82 Å². The molecule has 1 atom stereocenters. The maximum absolute atomic E-state index is 12.2. The Balaban J connectivity index is 1.54. The summed E-state index contributed by atoms with van der Waals surface area (Å²) in [6.45, 7) is 2.74. The molecule has 0 aliphatic heterocycles. The van der Waals surface area contributed by atoms with Crippen molar-refractivity contribution in [2.75, 3.05) is 18.9 Å². The molecule has 0 fully saturated rings. The van der Waals surface area contributed by atoms with Gasteiger partial charge in [0.15, 0.2) is 0 Å². The third kappa shape index (κ3) is 4.25. The smallest absolute Gasteiger partial charge is 0.251 e. The van der Waals surface area contributed by atoms with Crippen LogP contribution in [0.15, 0.2) is 67.1 Å². The number of anilines is 1. The first-order valence-corrected chi connectivity index (χ1v) is 10.3. The van der Waals surface area contributed by atoms with Crippen molar-refractivity contribution in [2.24, 2.45) is 0 Å². The van der Waals surface area contributed by atoms with Crippen molar-refractivity contribution in [2.45, 2.75) is 12.8 Å². The molecule has 4 rings (SSSR count). The Bertz CT molecular complexity index is 1310. The Morgan fingerprint density at radius 1 is 1.09 bits per heavy atom. The molecule has 2 N–H and O–H groups in total. The molecule has 0 spiro atoms. The van der Waals surface area contributed by atoms with Gasteiger partial charge in [0.2, 0.25) is 0 Å². The first kappa shape index (κ1) is 20.9. The summed E-state index contributed by atoms with van der Waals surface area (Å²) in [5, 5.41) is 15.9. The predicted octanol–water partition coefficient (Wildman–Crippen LogP) is 4.14. The van der Waals surface area contributed by atoms with E-state index in [1.165, 1.54) is 6.33 Å². The lowest BCUT2D eigenvalue weighted by Gasteiger charge is -2.16. The molecule has 0 aliphatic carbocycles. The second-order valence-corrected chi connectivity index (χ2v) is 7.44. The van der Waals surface area contributed by atoms with Gasteiger partial charge in [0.05, 0.1) is 28.4 Å². The van der Waals surface area contributed by atoms with E-state index >= 15 is 0 Å². The van der Waals surface area contributed by atoms with Crippen molar-refractivity contribution < 1.29 is 4.79 Å². The largest absolute Gasteiger partial charge is 0.369 e. The Labute approximate surface area is 186 Å². The van der Waals surface area contributed by atoms with Gasteiger partial charge in [-0.25, -0.2) is 9.97 Å². The van der Waals surface area contributed by atoms with E-state index in [4.69, 9.17) is 5.26 Å². The minimum absolute atomic E-state index is 0.125. The molecule has 2 aromatic carbocycles. The van der Waals surface area contributed by atoms with Crippen LogP contribution in [0.5, 0.6) is 0 Å². The Morgan fingerprint density at radius 3 is 2.66 bits per heavy atom. The number of nitrogens with one attached hydrogen (secondary N) is 2. The van der Waals surface area contributed by atoms with Gasteiger partial charge in [0, 0.05) is 42.7 Å². The van der Waals surface area contributed by atoms with Gasteiger partial charge in [-0.2, -0.15) is 5.26 Å². The zero-order valence-corrected chi connectivity index (χ0v) is 17.8. The Morgan fingerprint density at radius 2 is 1.91 bits per heavy atom. The fourth-order valence-corrected chi connectivity index (χ4v) is 3.62. The summed E-state index contributed by atoms with van der Waals surface area (Å²) < 4.78 is 0. The van der Waals surface area contributed by atoms with Crippen molar-refractivity contribution in [1.82, 2.24) is 20.3 Å². The topological polar surface area (TPSA) is 104 Å². The molecule has 7 heteroatoms. The van der Waals surface area contributed by atoms with E-state index in [-0.39, 0.29) is 11.8 Å². The highest BCUT2D eigenvalue weighted by Gasteiger charge is 2.15. The Kier molecular flexibility index (Phi) is 6.04. The van der Waals surface area contributed by atoms with E-state index < -0.39 is 0 Å². The molecule has 0 saturated heterocycles. The summed E-state index contributed by atoms with van der Waals surface area (Å²) in [6, 6.07) is 18.9. The zero-order valence-electron chi connectivity index (χ0n) is 17.8. The van der Waals surface area contributed by atoms with Crippen molar-refractivity contribution in [3.63, 3.8) is 0 Å². The molecule has 4 aromatic rings. The van der Waals surface area contributed by atoms with Gasteiger partial charge in [-0.1, -0.05) is 37.3 Å². The van der Waals surface area contributed by atoms with Crippen LogP contribution in [0, 0.1) is 11.3 Å². The summed E-state index contributed by atoms with van der Waals surface area (Å²) >= 11 is 0. The van der Waals surface area contributed by atoms with Gasteiger partial charge in [-0.15, -0.1) is 0 Å². The minimum atomic E-state index is -0.128. The van der Waals surface area contributed by atoms with Gasteiger partial charge in [-0.3, -0.25) is 9.78 Å². The first-order valence-electron chi connectivity index (χ1n) is 10.3. The molecular weight excluding hydrogens is 400 g/mol. The van der Waals surface area contributed by atoms with Crippen molar-refractivity contribution >= 4 is 22.6 Å². The van der Waals surface area contributed by atoms with Gasteiger partial charge in [0.1, 0.15) is 12.1 Å². The lowest BCUT2D eigenvalue weighted by atomic mass is 9.96. The number of pyridine rings is 1. The lowest BCUT2D eigenvalue weighted by molar-refractivity contribution is 0.0964. The monoisotopic (exact) mass is 422 g/mol. The number of carbonyl (C=O) groups excluding carboxylic acids is 1. The highest BCUT2D eigenvalue weighted by Crippen LogP contribution is 2.27. The molecule has 158 valence electrons. The number of hydrogen-bond donors (Lipinski definition) is 2. The van der Waals surface area contributed by atoms with Crippen LogP contribution in [0.25, 0.3) is 22.2 Å². The summed E-state index contributed by atoms with van der Waals surface area (Å²) in [4.78, 5) is 25.4. The maximum atomic E-state index is 12.2. The second-order valence-electron chi connectivity index (χ2n) is 7.44. The molecule has 2 aromatic heterocycles. The second kappa shape index (κ2) is 9.23. The normalized spacial score (nSPS) is 11.5. The summed E-state index contributed by atoms with van der Waals surface area (Å²) in [5.41, 5.74) is 4.80. The first-order chi connectivity index (χ1) is 15.6. The van der Waals surface area contributed by atoms with Crippen LogP contribution >= 0.6 is 0 Å². The van der Waals surface area contributed by atoms with Crippen molar-refractivity contribution in [1.29, 1.82) is 5.26 Å². The molecule has 0 aliphatic rings. The molecule has 0 unspecified atom stereocenters. The highest BCUT2D eigenvalue weighted by molar-refractivity contribution is 6.06. The third-order valence-corrected chi connectivity index (χ3v) is 5.37. The van der Waals surface area contributed by atoms with E-state index in [2.05, 4.69) is 38.6 Å². The molecule has 2 heterocycles. The molecule has 0 saturated carbocycles. The fourth-order valence-electron chi connectivity index (χ4n) is 3.62. The van der Waals surface area contributed by atoms with E-state index in [0.717, 1.165) is 27.7 Å². The molecule has 1 amide bonds. The number of fused-ring (bicyclic) bond motifs is 1. The quantitative estimate of drug-likeness (QED) is 0.484. The van der Waals surface area contributed by atoms with Gasteiger partial charge >= 0.3 is 0 Å². The van der Waals surface area contributed by atoms with Gasteiger partial charge in [-0.05, 0) is 23.8 Å². The van der Waals surface area contributed by atoms with Crippen molar-refractivity contribution in [3.05, 3.63) is 83.8 Å². The Hall–Kier alpha value is -4.31. The van der Waals surface area contributed by atoms with E-state index in [9.17, 15) is 4.79 Å². The summed E-state index contributed by atoms with van der Waals surface area (Å²) in [5.74, 6) is 0.710. The molecule has 0 radical (unpaired) electrons. The van der Waals surface area contributed by atoms with Crippen molar-refractivity contribution in [3.8, 4) is 17.3 Å². The highest BCUT2D eigenvalue weighted by atomic mass is 16.1. The average molecular weight is 422 g/mol. The number of aromatic nitrogens is 3. The van der Waals surface area contributed by atoms with Crippen LogP contribution in [-0.2, 0) is 0 Å². The number of hydrogen-bond acceptors (Lipinski definition) is 6. The van der Waals surface area contributed by atoms with Gasteiger partial charge < -0.3 is 10.6 Å². The number of para-hydroxylation sites is 1. The molecule has 32 heavy (non-hydrogen) atoms. The summed E-state index contributed by atoms with van der Waals surface area (Å²) in [7, 11) is 1.62. The van der Waals surface area contributed by atoms with Crippen LogP contribution in [-0.4, -0.2) is 34.5 Å². The molecule has 0 bridgehead atoms. The maximum Gasteiger partial charge on any atom is 0.251 e. The van der Waals surface area contributed by atoms with E-state index in [1.807, 2.05) is 36.4 Å². The number of rotatable bonds is 6. The summed E-state index contributed by atoms with van der Waals surface area (Å²) in [6.07, 6.45) is 3.19. The van der Waals surface area contributed by atoms with Crippen LogP contribution in [0.2, 0.25) is 0 Å². The van der Waals surface area contributed by atoms with Crippen LogP contribution in [0.1, 0.15) is 34.3 Å². The van der Waals surface area contributed by atoms with Crippen LogP contribution < -0.4 is 10.6 Å². The number of nitriles is 1. The number of amides is 1. The predicted molar refractivity (Wildman–Crippen MR) is 124 cm³/mol. The van der Waals surface area contributed by atoms with E-state index in [1.54, 1.807) is 31.4 Å². The standard InChI is InChI=1S/C25H22N6O/c1-16(19-4-3-5-20-21(25(32)27-2)10-11-28-24(19)20)14-29-23-12-22(30-15-31-23)18-8-6-17(13-26)7-9-18/h3-12,15-16H,14H2,1-2H3,(H,27,32)(H,29,30,31)/t16-/m1/s1. The fraction of sp³-hybridized carbons (Fsp3) is 0.160. The zero-order chi connectivity index (χ0) is 22.5. The number of nitrogens with zero attached hydrogens (tertiary/aromatic N) is 4. The van der Waals surface area contributed by atoms with Gasteiger partial charge in [0.25, 0.3) is 5.91 Å². The average Bonchev–Trinajstić information content (AvgIpc) is 2.86. The minimum Gasteiger partial charge on any atom is -0.369 e. The van der Waals surface area contributed by atoms with Crippen LogP contribution in [0.3, 0.4) is 0 Å².